The van der Waals surface area contributed by atoms with Gasteiger partial charge < -0.3 is 4.90 Å². The highest BCUT2D eigenvalue weighted by atomic mass is 16.2. The fourth-order valence-electron chi connectivity index (χ4n) is 3.45. The number of piperazine rings is 1. The SMILES string of the molecule is O=C(Cc1ccccc1)N1CCN(C[C@@H]2CC=CCC2)CC1. The molecule has 1 aliphatic carbocycles. The highest BCUT2D eigenvalue weighted by Crippen LogP contribution is 2.20. The Morgan fingerprint density at radius 2 is 1.82 bits per heavy atom. The van der Waals surface area contributed by atoms with E-state index in [1.165, 1.54) is 25.8 Å². The summed E-state index contributed by atoms with van der Waals surface area (Å²) in [6.07, 6.45) is 8.95. The van der Waals surface area contributed by atoms with Crippen LogP contribution >= 0.6 is 0 Å². The lowest BCUT2D eigenvalue weighted by Crippen LogP contribution is -2.50. The molecular weight excluding hydrogens is 272 g/mol. The van der Waals surface area contributed by atoms with Crippen molar-refractivity contribution in [2.24, 2.45) is 5.92 Å². The molecule has 2 aliphatic rings. The number of carbonyl (C=O) groups excluding carboxylic acids is 1. The van der Waals surface area contributed by atoms with Gasteiger partial charge in [0.25, 0.3) is 0 Å². The van der Waals surface area contributed by atoms with E-state index >= 15 is 0 Å². The van der Waals surface area contributed by atoms with Crippen LogP contribution in [0.1, 0.15) is 24.8 Å². The molecule has 1 amide bonds. The number of nitrogens with zero attached hydrogens (tertiary/aromatic N) is 2. The third kappa shape index (κ3) is 4.20. The van der Waals surface area contributed by atoms with Crippen LogP contribution in [-0.4, -0.2) is 48.4 Å². The van der Waals surface area contributed by atoms with Crippen LogP contribution < -0.4 is 0 Å². The minimum absolute atomic E-state index is 0.270. The van der Waals surface area contributed by atoms with Gasteiger partial charge in [0.1, 0.15) is 0 Å². The van der Waals surface area contributed by atoms with Gasteiger partial charge in [0.15, 0.2) is 0 Å². The molecule has 1 aromatic rings. The van der Waals surface area contributed by atoms with Crippen molar-refractivity contribution in [1.82, 2.24) is 9.80 Å². The van der Waals surface area contributed by atoms with Crippen molar-refractivity contribution >= 4 is 5.91 Å². The monoisotopic (exact) mass is 298 g/mol. The summed E-state index contributed by atoms with van der Waals surface area (Å²) in [7, 11) is 0. The Morgan fingerprint density at radius 3 is 2.50 bits per heavy atom. The van der Waals surface area contributed by atoms with Crippen molar-refractivity contribution in [2.75, 3.05) is 32.7 Å². The van der Waals surface area contributed by atoms with E-state index in [1.807, 2.05) is 35.2 Å². The first-order valence-corrected chi connectivity index (χ1v) is 8.50. The van der Waals surface area contributed by atoms with Crippen LogP contribution in [0.15, 0.2) is 42.5 Å². The number of rotatable bonds is 4. The maximum atomic E-state index is 12.4. The second-order valence-electron chi connectivity index (χ2n) is 6.49. The predicted octanol–water partition coefficient (Wildman–Crippen LogP) is 2.73. The quantitative estimate of drug-likeness (QED) is 0.798. The van der Waals surface area contributed by atoms with Gasteiger partial charge in [-0.15, -0.1) is 0 Å². The Hall–Kier alpha value is -1.61. The van der Waals surface area contributed by atoms with Gasteiger partial charge in [0.2, 0.25) is 5.91 Å². The van der Waals surface area contributed by atoms with Crippen molar-refractivity contribution in [2.45, 2.75) is 25.7 Å². The fraction of sp³-hybridized carbons (Fsp3) is 0.526. The summed E-state index contributed by atoms with van der Waals surface area (Å²) < 4.78 is 0. The Balaban J connectivity index is 1.43. The van der Waals surface area contributed by atoms with Gasteiger partial charge in [-0.1, -0.05) is 42.5 Å². The maximum absolute atomic E-state index is 12.4. The first kappa shape index (κ1) is 15.3. The minimum atomic E-state index is 0.270. The lowest BCUT2D eigenvalue weighted by atomic mass is 9.94. The van der Waals surface area contributed by atoms with Crippen LogP contribution in [0, 0.1) is 5.92 Å². The Labute approximate surface area is 133 Å². The van der Waals surface area contributed by atoms with Gasteiger partial charge in [0, 0.05) is 32.7 Å². The standard InChI is InChI=1S/C19H26N2O/c22-19(15-17-7-3-1-4-8-17)21-13-11-20(12-14-21)16-18-9-5-2-6-10-18/h1-5,7-8,18H,6,9-16H2/t18-/m1/s1. The van der Waals surface area contributed by atoms with Crippen molar-refractivity contribution < 1.29 is 4.79 Å². The van der Waals surface area contributed by atoms with E-state index in [9.17, 15) is 4.79 Å². The maximum Gasteiger partial charge on any atom is 0.227 e. The third-order valence-corrected chi connectivity index (χ3v) is 4.82. The van der Waals surface area contributed by atoms with E-state index in [2.05, 4.69) is 17.1 Å². The lowest BCUT2D eigenvalue weighted by Gasteiger charge is -2.36. The van der Waals surface area contributed by atoms with Crippen LogP contribution in [0.2, 0.25) is 0 Å². The second-order valence-corrected chi connectivity index (χ2v) is 6.49. The largest absolute Gasteiger partial charge is 0.340 e. The zero-order valence-electron chi connectivity index (χ0n) is 13.3. The molecule has 3 heteroatoms. The molecule has 3 nitrogen and oxygen atoms in total. The van der Waals surface area contributed by atoms with Gasteiger partial charge in [-0.2, -0.15) is 0 Å². The number of allylic oxidation sites excluding steroid dienone is 2. The Morgan fingerprint density at radius 1 is 1.05 bits per heavy atom. The number of benzene rings is 1. The minimum Gasteiger partial charge on any atom is -0.340 e. The van der Waals surface area contributed by atoms with Gasteiger partial charge in [-0.25, -0.2) is 0 Å². The molecule has 1 aliphatic heterocycles. The molecule has 118 valence electrons. The zero-order chi connectivity index (χ0) is 15.2. The average Bonchev–Trinajstić information content (AvgIpc) is 2.57. The molecule has 1 heterocycles. The molecule has 0 bridgehead atoms. The lowest BCUT2D eigenvalue weighted by molar-refractivity contribution is -0.132. The van der Waals surface area contributed by atoms with Gasteiger partial charge in [-0.05, 0) is 30.7 Å². The normalized spacial score (nSPS) is 22.7. The van der Waals surface area contributed by atoms with E-state index in [0.29, 0.717) is 6.42 Å². The Bertz CT molecular complexity index is 503. The molecule has 22 heavy (non-hydrogen) atoms. The van der Waals surface area contributed by atoms with Gasteiger partial charge in [0.05, 0.1) is 6.42 Å². The molecule has 3 rings (SSSR count). The van der Waals surface area contributed by atoms with E-state index in [-0.39, 0.29) is 5.91 Å². The zero-order valence-corrected chi connectivity index (χ0v) is 13.3. The number of hydrogen-bond acceptors (Lipinski definition) is 2. The number of amides is 1. The topological polar surface area (TPSA) is 23.6 Å². The van der Waals surface area contributed by atoms with Crippen molar-refractivity contribution in [1.29, 1.82) is 0 Å². The van der Waals surface area contributed by atoms with Crippen LogP contribution in [0.3, 0.4) is 0 Å². The van der Waals surface area contributed by atoms with E-state index in [4.69, 9.17) is 0 Å². The highest BCUT2D eigenvalue weighted by molar-refractivity contribution is 5.78. The van der Waals surface area contributed by atoms with Gasteiger partial charge >= 0.3 is 0 Å². The molecule has 0 N–H and O–H groups in total. The molecule has 0 spiro atoms. The van der Waals surface area contributed by atoms with Crippen molar-refractivity contribution in [3.63, 3.8) is 0 Å². The van der Waals surface area contributed by atoms with E-state index < -0.39 is 0 Å². The summed E-state index contributed by atoms with van der Waals surface area (Å²) in [5.74, 6) is 1.09. The summed E-state index contributed by atoms with van der Waals surface area (Å²) in [5, 5.41) is 0. The number of hydrogen-bond donors (Lipinski definition) is 0. The molecule has 0 unspecified atom stereocenters. The summed E-state index contributed by atoms with van der Waals surface area (Å²) in [6.45, 7) is 5.02. The van der Waals surface area contributed by atoms with Crippen LogP contribution in [0.5, 0.6) is 0 Å². The van der Waals surface area contributed by atoms with Crippen LogP contribution in [0.4, 0.5) is 0 Å². The average molecular weight is 298 g/mol. The summed E-state index contributed by atoms with van der Waals surface area (Å²) in [6, 6.07) is 10.1. The van der Waals surface area contributed by atoms with Crippen molar-refractivity contribution in [3.8, 4) is 0 Å². The van der Waals surface area contributed by atoms with E-state index in [1.54, 1.807) is 0 Å². The number of carbonyl (C=O) groups is 1. The van der Waals surface area contributed by atoms with Gasteiger partial charge in [-0.3, -0.25) is 9.69 Å². The fourth-order valence-corrected chi connectivity index (χ4v) is 3.45. The van der Waals surface area contributed by atoms with Crippen molar-refractivity contribution in [3.05, 3.63) is 48.0 Å². The molecular formula is C19H26N2O. The first-order chi connectivity index (χ1) is 10.8. The molecule has 1 fully saturated rings. The molecule has 1 saturated heterocycles. The van der Waals surface area contributed by atoms with Crippen LogP contribution in [0.25, 0.3) is 0 Å². The summed E-state index contributed by atoms with van der Waals surface area (Å²) >= 11 is 0. The molecule has 0 radical (unpaired) electrons. The van der Waals surface area contributed by atoms with Crippen LogP contribution in [-0.2, 0) is 11.2 Å². The third-order valence-electron chi connectivity index (χ3n) is 4.82. The predicted molar refractivity (Wildman–Crippen MR) is 89.6 cm³/mol. The highest BCUT2D eigenvalue weighted by Gasteiger charge is 2.23. The molecule has 1 aromatic carbocycles. The molecule has 0 aromatic heterocycles. The Kier molecular flexibility index (Phi) is 5.28. The molecule has 1 atom stereocenters. The summed E-state index contributed by atoms with van der Waals surface area (Å²) in [5.41, 5.74) is 1.11. The first-order valence-electron chi connectivity index (χ1n) is 8.50. The smallest absolute Gasteiger partial charge is 0.227 e. The second kappa shape index (κ2) is 7.59. The summed E-state index contributed by atoms with van der Waals surface area (Å²) in [4.78, 5) is 16.9. The van der Waals surface area contributed by atoms with E-state index in [0.717, 1.165) is 37.7 Å². The molecule has 0 saturated carbocycles.